The highest BCUT2D eigenvalue weighted by Crippen LogP contribution is 2.01. The van der Waals surface area contributed by atoms with Crippen molar-refractivity contribution < 1.29 is 5.11 Å². The van der Waals surface area contributed by atoms with Gasteiger partial charge in [-0.3, -0.25) is 0 Å². The molecule has 0 bridgehead atoms. The summed E-state index contributed by atoms with van der Waals surface area (Å²) < 4.78 is 0. The molecular weight excluding hydrogens is 174 g/mol. The second kappa shape index (κ2) is 6.46. The van der Waals surface area contributed by atoms with Gasteiger partial charge in [0.15, 0.2) is 0 Å². The number of rotatable bonds is 5. The third-order valence-electron chi connectivity index (χ3n) is 2.03. The maximum atomic E-state index is 8.85. The Morgan fingerprint density at radius 3 is 2.58 bits per heavy atom. The van der Waals surface area contributed by atoms with E-state index in [1.165, 1.54) is 0 Å². The zero-order chi connectivity index (χ0) is 9.56. The summed E-state index contributed by atoms with van der Waals surface area (Å²) in [6.07, 6.45) is 0. The van der Waals surface area contributed by atoms with Crippen LogP contribution in [-0.2, 0) is 0 Å². The van der Waals surface area contributed by atoms with Gasteiger partial charge in [-0.15, -0.1) is 0 Å². The predicted octanol–water partition coefficient (Wildman–Crippen LogP) is 1.74. The Labute approximate surface area is 79.6 Å². The second-order valence-electron chi connectivity index (χ2n) is 3.28. The molecule has 2 nitrogen and oxygen atoms in total. The molecule has 72 valence electrons. The Kier molecular flexibility index (Phi) is 6.44. The van der Waals surface area contributed by atoms with Crippen LogP contribution in [0.5, 0.6) is 0 Å². The zero-order valence-corrected chi connectivity index (χ0v) is 8.73. The van der Waals surface area contributed by atoms with Crippen LogP contribution in [0.2, 0.25) is 0 Å². The quantitative estimate of drug-likeness (QED) is 0.694. The molecule has 0 rings (SSSR count). The van der Waals surface area contributed by atoms with E-state index in [0.717, 1.165) is 12.1 Å². The number of aliphatic hydroxyl groups is 1. The molecule has 2 atom stereocenters. The summed E-state index contributed by atoms with van der Waals surface area (Å²) in [5.74, 6) is 0.285. The Hall–Kier alpha value is -0.0500. The van der Waals surface area contributed by atoms with Crippen molar-refractivity contribution in [1.82, 2.24) is 5.32 Å². The third kappa shape index (κ3) is 4.75. The van der Waals surface area contributed by atoms with Gasteiger partial charge in [-0.2, -0.15) is 0 Å². The summed E-state index contributed by atoms with van der Waals surface area (Å²) in [6.45, 7) is 7.04. The fourth-order valence-electron chi connectivity index (χ4n) is 0.720. The van der Waals surface area contributed by atoms with Crippen molar-refractivity contribution in [1.29, 1.82) is 0 Å². The summed E-state index contributed by atoms with van der Waals surface area (Å²) >= 11 is 5.50. The van der Waals surface area contributed by atoms with Crippen LogP contribution >= 0.6 is 11.6 Å². The van der Waals surface area contributed by atoms with Crippen LogP contribution in [0.3, 0.4) is 0 Å². The Morgan fingerprint density at radius 1 is 1.58 bits per heavy atom. The lowest BCUT2D eigenvalue weighted by atomic mass is 10.1. The molecule has 0 aromatic heterocycles. The smallest absolute Gasteiger partial charge is 0.0471 e. The van der Waals surface area contributed by atoms with Gasteiger partial charge in [-0.1, -0.05) is 18.5 Å². The van der Waals surface area contributed by atoms with E-state index in [1.807, 2.05) is 13.8 Å². The molecule has 0 spiro atoms. The first-order valence-electron chi connectivity index (χ1n) is 4.22. The fraction of sp³-hybridized carbons (Fsp3) is 0.778. The number of nitrogens with one attached hydrogen (secondary N) is 1. The van der Waals surface area contributed by atoms with E-state index in [2.05, 4.69) is 12.2 Å². The largest absolute Gasteiger partial charge is 0.396 e. The van der Waals surface area contributed by atoms with Crippen molar-refractivity contribution in [2.75, 3.05) is 13.2 Å². The van der Waals surface area contributed by atoms with Crippen LogP contribution in [0.4, 0.5) is 0 Å². The summed E-state index contributed by atoms with van der Waals surface area (Å²) in [7, 11) is 0. The molecule has 2 unspecified atom stereocenters. The van der Waals surface area contributed by atoms with E-state index in [0.29, 0.717) is 6.04 Å². The molecule has 0 radical (unpaired) electrons. The van der Waals surface area contributed by atoms with E-state index in [9.17, 15) is 0 Å². The minimum absolute atomic E-state index is 0.220. The molecule has 0 aromatic rings. The molecule has 0 amide bonds. The van der Waals surface area contributed by atoms with Crippen LogP contribution in [0.1, 0.15) is 20.8 Å². The minimum atomic E-state index is 0.220. The van der Waals surface area contributed by atoms with Gasteiger partial charge < -0.3 is 10.4 Å². The SMILES string of the molecule is CC(=CCl)CNC(C)C(C)CO. The van der Waals surface area contributed by atoms with E-state index < -0.39 is 0 Å². The van der Waals surface area contributed by atoms with Crippen molar-refractivity contribution in [3.63, 3.8) is 0 Å². The van der Waals surface area contributed by atoms with Gasteiger partial charge in [0.2, 0.25) is 0 Å². The Bertz CT molecular complexity index is 147. The maximum Gasteiger partial charge on any atom is 0.0471 e. The molecule has 0 aliphatic carbocycles. The van der Waals surface area contributed by atoms with Crippen LogP contribution in [-0.4, -0.2) is 24.3 Å². The standard InChI is InChI=1S/C9H18ClNO/c1-7(4-10)5-11-9(3)8(2)6-12/h4,8-9,11-12H,5-6H2,1-3H3. The summed E-state index contributed by atoms with van der Waals surface area (Å²) in [5, 5.41) is 12.1. The summed E-state index contributed by atoms with van der Waals surface area (Å²) in [6, 6.07) is 0.321. The predicted molar refractivity (Wildman–Crippen MR) is 53.3 cm³/mol. The minimum Gasteiger partial charge on any atom is -0.396 e. The van der Waals surface area contributed by atoms with Gasteiger partial charge in [0, 0.05) is 24.7 Å². The lowest BCUT2D eigenvalue weighted by Crippen LogP contribution is -2.34. The number of hydrogen-bond acceptors (Lipinski definition) is 2. The van der Waals surface area contributed by atoms with Crippen LogP contribution in [0, 0.1) is 5.92 Å². The number of hydrogen-bond donors (Lipinski definition) is 2. The van der Waals surface area contributed by atoms with Gasteiger partial charge >= 0.3 is 0 Å². The molecule has 12 heavy (non-hydrogen) atoms. The summed E-state index contributed by atoms with van der Waals surface area (Å²) in [4.78, 5) is 0. The number of aliphatic hydroxyl groups excluding tert-OH is 1. The van der Waals surface area contributed by atoms with Crippen molar-refractivity contribution in [3.05, 3.63) is 11.1 Å². The molecule has 2 N–H and O–H groups in total. The normalized spacial score (nSPS) is 17.6. The Morgan fingerprint density at radius 2 is 2.17 bits per heavy atom. The molecule has 3 heteroatoms. The van der Waals surface area contributed by atoms with Gasteiger partial charge in [-0.05, 0) is 25.3 Å². The lowest BCUT2D eigenvalue weighted by Gasteiger charge is -2.19. The highest BCUT2D eigenvalue weighted by Gasteiger charge is 2.09. The highest BCUT2D eigenvalue weighted by atomic mass is 35.5. The molecule has 0 saturated heterocycles. The first-order chi connectivity index (χ1) is 5.61. The molecule has 0 heterocycles. The number of halogens is 1. The average Bonchev–Trinajstić information content (AvgIpc) is 2.11. The average molecular weight is 192 g/mol. The fourth-order valence-corrected chi connectivity index (χ4v) is 0.797. The van der Waals surface area contributed by atoms with E-state index in [-0.39, 0.29) is 12.5 Å². The lowest BCUT2D eigenvalue weighted by molar-refractivity contribution is 0.209. The molecule has 0 saturated carbocycles. The highest BCUT2D eigenvalue weighted by molar-refractivity contribution is 6.25. The van der Waals surface area contributed by atoms with E-state index >= 15 is 0 Å². The van der Waals surface area contributed by atoms with Gasteiger partial charge in [0.1, 0.15) is 0 Å². The molecular formula is C9H18ClNO. The second-order valence-corrected chi connectivity index (χ2v) is 3.50. The van der Waals surface area contributed by atoms with Crippen LogP contribution in [0.15, 0.2) is 11.1 Å². The molecule has 0 aliphatic heterocycles. The first-order valence-corrected chi connectivity index (χ1v) is 4.65. The van der Waals surface area contributed by atoms with Crippen molar-refractivity contribution in [2.45, 2.75) is 26.8 Å². The Balaban J connectivity index is 3.63. The van der Waals surface area contributed by atoms with Crippen molar-refractivity contribution in [3.8, 4) is 0 Å². The third-order valence-corrected chi connectivity index (χ3v) is 2.40. The van der Waals surface area contributed by atoms with Gasteiger partial charge in [0.25, 0.3) is 0 Å². The topological polar surface area (TPSA) is 32.3 Å². The molecule has 0 fully saturated rings. The van der Waals surface area contributed by atoms with Crippen molar-refractivity contribution >= 4 is 11.6 Å². The molecule has 0 aliphatic rings. The van der Waals surface area contributed by atoms with E-state index in [4.69, 9.17) is 16.7 Å². The monoisotopic (exact) mass is 191 g/mol. The molecule has 0 aromatic carbocycles. The summed E-state index contributed by atoms with van der Waals surface area (Å²) in [5.41, 5.74) is 2.68. The van der Waals surface area contributed by atoms with Gasteiger partial charge in [-0.25, -0.2) is 0 Å². The van der Waals surface area contributed by atoms with Gasteiger partial charge in [0.05, 0.1) is 0 Å². The zero-order valence-electron chi connectivity index (χ0n) is 7.97. The van der Waals surface area contributed by atoms with Crippen molar-refractivity contribution in [2.24, 2.45) is 5.92 Å². The first kappa shape index (κ1) is 11.9. The van der Waals surface area contributed by atoms with Crippen LogP contribution < -0.4 is 5.32 Å². The van der Waals surface area contributed by atoms with Crippen LogP contribution in [0.25, 0.3) is 0 Å². The maximum absolute atomic E-state index is 8.85. The van der Waals surface area contributed by atoms with E-state index in [1.54, 1.807) is 5.54 Å².